The van der Waals surface area contributed by atoms with Crippen molar-refractivity contribution >= 4 is 41.5 Å². The van der Waals surface area contributed by atoms with Crippen molar-refractivity contribution < 1.29 is 16.8 Å². The molecule has 0 aliphatic rings. The summed E-state index contributed by atoms with van der Waals surface area (Å²) in [5.74, 6) is 0. The summed E-state index contributed by atoms with van der Waals surface area (Å²) in [5, 5.41) is 0. The fraction of sp³-hybridized carbons (Fsp3) is 0.143. The maximum Gasteiger partial charge on any atom is 0.262 e. The Kier molecular flexibility index (Phi) is 4.65. The zero-order chi connectivity index (χ0) is 16.5. The average Bonchev–Trinajstić information content (AvgIpc) is 2.40. The van der Waals surface area contributed by atoms with E-state index in [1.165, 1.54) is 30.3 Å². The summed E-state index contributed by atoms with van der Waals surface area (Å²) < 4.78 is 51.0. The number of aryl methyl sites for hydroxylation is 1. The van der Waals surface area contributed by atoms with Crippen LogP contribution in [0.5, 0.6) is 0 Å². The number of anilines is 1. The van der Waals surface area contributed by atoms with Crippen LogP contribution in [0.2, 0.25) is 0 Å². The molecule has 5 nitrogen and oxygen atoms in total. The Morgan fingerprint density at radius 2 is 1.68 bits per heavy atom. The number of benzene rings is 2. The van der Waals surface area contributed by atoms with E-state index in [4.69, 9.17) is 0 Å². The molecule has 0 saturated heterocycles. The van der Waals surface area contributed by atoms with E-state index in [9.17, 15) is 16.8 Å². The number of nitrogens with one attached hydrogen (secondary N) is 1. The number of sulfonamides is 1. The van der Waals surface area contributed by atoms with Gasteiger partial charge in [0.15, 0.2) is 9.84 Å². The van der Waals surface area contributed by atoms with Gasteiger partial charge in [0, 0.05) is 10.7 Å². The molecule has 0 amide bonds. The third-order valence-electron chi connectivity index (χ3n) is 2.95. The number of hydrogen-bond donors (Lipinski definition) is 1. The summed E-state index contributed by atoms with van der Waals surface area (Å²) in [7, 11) is -7.21. The summed E-state index contributed by atoms with van der Waals surface area (Å²) in [6, 6.07) is 10.6. The summed E-state index contributed by atoms with van der Waals surface area (Å²) in [6.07, 6.45) is 1.07. The second-order valence-corrected chi connectivity index (χ2v) is 9.40. The number of hydrogen-bond acceptors (Lipinski definition) is 4. The van der Waals surface area contributed by atoms with Crippen molar-refractivity contribution in [1.29, 1.82) is 0 Å². The fourth-order valence-electron chi connectivity index (χ4n) is 1.86. The molecule has 0 spiro atoms. The van der Waals surface area contributed by atoms with Crippen LogP contribution < -0.4 is 4.72 Å². The molecule has 118 valence electrons. The molecule has 2 rings (SSSR count). The van der Waals surface area contributed by atoms with Gasteiger partial charge in [-0.05, 0) is 42.8 Å². The normalized spacial score (nSPS) is 12.1. The van der Waals surface area contributed by atoms with Crippen LogP contribution in [0.25, 0.3) is 0 Å². The van der Waals surface area contributed by atoms with Gasteiger partial charge in [-0.1, -0.05) is 28.1 Å². The first-order valence-corrected chi connectivity index (χ1v) is 10.4. The van der Waals surface area contributed by atoms with E-state index in [1.807, 2.05) is 0 Å². The minimum absolute atomic E-state index is 0.0543. The Morgan fingerprint density at radius 3 is 2.32 bits per heavy atom. The monoisotopic (exact) mass is 403 g/mol. The summed E-state index contributed by atoms with van der Waals surface area (Å²) in [6.45, 7) is 1.69. The van der Waals surface area contributed by atoms with Gasteiger partial charge in [-0.3, -0.25) is 4.72 Å². The Labute approximate surface area is 138 Å². The lowest BCUT2D eigenvalue weighted by Gasteiger charge is -2.11. The van der Waals surface area contributed by atoms with Gasteiger partial charge in [-0.25, -0.2) is 16.8 Å². The fourth-order valence-corrected chi connectivity index (χ4v) is 4.36. The standard InChI is InChI=1S/C14H14BrNO4S2/c1-10-6-7-11(15)8-14(10)22(19,20)16-12-4-3-5-13(9-12)21(2,17)18/h3-9,16H,1-2H3. The molecule has 0 heterocycles. The van der Waals surface area contributed by atoms with E-state index in [0.29, 0.717) is 10.0 Å². The molecule has 0 radical (unpaired) electrons. The molecular formula is C14H14BrNO4S2. The van der Waals surface area contributed by atoms with Crippen molar-refractivity contribution in [3.05, 3.63) is 52.5 Å². The lowest BCUT2D eigenvalue weighted by Crippen LogP contribution is -2.14. The van der Waals surface area contributed by atoms with Crippen LogP contribution in [0.15, 0.2) is 56.7 Å². The third-order valence-corrected chi connectivity index (χ3v) is 6.08. The molecule has 0 saturated carbocycles. The number of sulfone groups is 1. The molecule has 2 aromatic rings. The smallest absolute Gasteiger partial charge is 0.262 e. The Balaban J connectivity index is 2.44. The summed E-state index contributed by atoms with van der Waals surface area (Å²) in [5.41, 5.74) is 0.789. The molecule has 1 N–H and O–H groups in total. The van der Waals surface area contributed by atoms with E-state index in [2.05, 4.69) is 20.7 Å². The molecule has 0 aliphatic heterocycles. The first-order valence-electron chi connectivity index (χ1n) is 6.19. The maximum absolute atomic E-state index is 12.5. The van der Waals surface area contributed by atoms with Gasteiger partial charge >= 0.3 is 0 Å². The van der Waals surface area contributed by atoms with Gasteiger partial charge in [0.1, 0.15) is 0 Å². The van der Waals surface area contributed by atoms with E-state index in [-0.39, 0.29) is 15.5 Å². The van der Waals surface area contributed by atoms with Crippen LogP contribution in [-0.2, 0) is 19.9 Å². The van der Waals surface area contributed by atoms with Crippen LogP contribution in [0.3, 0.4) is 0 Å². The molecule has 2 aromatic carbocycles. The van der Waals surface area contributed by atoms with Crippen molar-refractivity contribution in [3.63, 3.8) is 0 Å². The van der Waals surface area contributed by atoms with Crippen molar-refractivity contribution in [2.75, 3.05) is 11.0 Å². The van der Waals surface area contributed by atoms with Crippen LogP contribution >= 0.6 is 15.9 Å². The second-order valence-electron chi connectivity index (χ2n) is 4.82. The zero-order valence-corrected chi connectivity index (χ0v) is 15.1. The molecular weight excluding hydrogens is 390 g/mol. The molecule has 0 fully saturated rings. The molecule has 22 heavy (non-hydrogen) atoms. The van der Waals surface area contributed by atoms with Crippen molar-refractivity contribution in [2.45, 2.75) is 16.7 Å². The Hall–Kier alpha value is -1.38. The maximum atomic E-state index is 12.5. The molecule has 0 atom stereocenters. The van der Waals surface area contributed by atoms with Gasteiger partial charge in [0.05, 0.1) is 15.5 Å². The van der Waals surface area contributed by atoms with E-state index >= 15 is 0 Å². The predicted octanol–water partition coefficient (Wildman–Crippen LogP) is 2.96. The van der Waals surface area contributed by atoms with Gasteiger partial charge < -0.3 is 0 Å². The van der Waals surface area contributed by atoms with E-state index in [1.54, 1.807) is 19.1 Å². The van der Waals surface area contributed by atoms with Crippen LogP contribution in [0.1, 0.15) is 5.56 Å². The topological polar surface area (TPSA) is 80.3 Å². The molecule has 0 aromatic heterocycles. The van der Waals surface area contributed by atoms with Gasteiger partial charge in [-0.2, -0.15) is 0 Å². The lowest BCUT2D eigenvalue weighted by atomic mass is 10.2. The van der Waals surface area contributed by atoms with E-state index < -0.39 is 19.9 Å². The average molecular weight is 404 g/mol. The molecule has 0 aliphatic carbocycles. The van der Waals surface area contributed by atoms with Crippen molar-refractivity contribution in [2.24, 2.45) is 0 Å². The highest BCUT2D eigenvalue weighted by atomic mass is 79.9. The molecule has 0 unspecified atom stereocenters. The van der Waals surface area contributed by atoms with E-state index in [0.717, 1.165) is 6.26 Å². The second kappa shape index (κ2) is 6.02. The van der Waals surface area contributed by atoms with Gasteiger partial charge in [-0.15, -0.1) is 0 Å². The first kappa shape index (κ1) is 17.0. The lowest BCUT2D eigenvalue weighted by molar-refractivity contribution is 0.598. The van der Waals surface area contributed by atoms with Crippen molar-refractivity contribution in [1.82, 2.24) is 0 Å². The molecule has 0 bridgehead atoms. The van der Waals surface area contributed by atoms with Crippen LogP contribution in [0.4, 0.5) is 5.69 Å². The zero-order valence-electron chi connectivity index (χ0n) is 11.9. The summed E-state index contributed by atoms with van der Waals surface area (Å²) in [4.78, 5) is 0.185. The Bertz CT molecular complexity index is 922. The van der Waals surface area contributed by atoms with Crippen molar-refractivity contribution in [3.8, 4) is 0 Å². The first-order chi connectivity index (χ1) is 10.1. The minimum Gasteiger partial charge on any atom is -0.280 e. The third kappa shape index (κ3) is 3.88. The van der Waals surface area contributed by atoms with Gasteiger partial charge in [0.2, 0.25) is 0 Å². The van der Waals surface area contributed by atoms with Crippen LogP contribution in [0, 0.1) is 6.92 Å². The highest BCUT2D eigenvalue weighted by Crippen LogP contribution is 2.24. The quantitative estimate of drug-likeness (QED) is 0.850. The summed E-state index contributed by atoms with van der Waals surface area (Å²) >= 11 is 3.24. The highest BCUT2D eigenvalue weighted by molar-refractivity contribution is 9.10. The van der Waals surface area contributed by atoms with Gasteiger partial charge in [0.25, 0.3) is 10.0 Å². The van der Waals surface area contributed by atoms with Crippen LogP contribution in [-0.4, -0.2) is 23.1 Å². The highest BCUT2D eigenvalue weighted by Gasteiger charge is 2.18. The predicted molar refractivity (Wildman–Crippen MR) is 89.2 cm³/mol. The number of rotatable bonds is 4. The largest absolute Gasteiger partial charge is 0.280 e. The Morgan fingerprint density at radius 1 is 1.00 bits per heavy atom. The SMILES string of the molecule is Cc1ccc(Br)cc1S(=O)(=O)Nc1cccc(S(C)(=O)=O)c1. The molecule has 8 heteroatoms. The minimum atomic E-state index is -3.80. The number of halogens is 1.